The largest absolute Gasteiger partial charge is 0.769 e. The lowest BCUT2D eigenvalue weighted by molar-refractivity contribution is -0.135. The summed E-state index contributed by atoms with van der Waals surface area (Å²) in [7, 11) is 0. The molecule has 9 nitrogen and oxygen atoms in total. The number of carbonyl (C=O) groups is 2. The number of halogens is 1. The maximum Gasteiger partial charge on any atom is 0.246 e. The predicted molar refractivity (Wildman–Crippen MR) is 126 cm³/mol. The second kappa shape index (κ2) is 8.90. The molecule has 178 valence electrons. The van der Waals surface area contributed by atoms with Gasteiger partial charge in [0.1, 0.15) is 0 Å². The lowest BCUT2D eigenvalue weighted by Crippen LogP contribution is -2.64. The van der Waals surface area contributed by atoms with Gasteiger partial charge < -0.3 is 24.6 Å². The van der Waals surface area contributed by atoms with E-state index in [-0.39, 0.29) is 18.4 Å². The molecule has 4 aliphatic rings. The summed E-state index contributed by atoms with van der Waals surface area (Å²) in [5.41, 5.74) is 1.37. The molecule has 0 bridgehead atoms. The average molecular weight is 493 g/mol. The third-order valence-electron chi connectivity index (χ3n) is 7.02. The first kappa shape index (κ1) is 22.6. The highest BCUT2D eigenvalue weighted by molar-refractivity contribution is 7.80. The van der Waals surface area contributed by atoms with E-state index in [0.29, 0.717) is 54.5 Å². The van der Waals surface area contributed by atoms with Gasteiger partial charge in [0.15, 0.2) is 5.50 Å². The van der Waals surface area contributed by atoms with Gasteiger partial charge in [-0.25, -0.2) is 0 Å². The molecule has 2 saturated heterocycles. The minimum atomic E-state index is -2.44. The molecule has 1 aromatic rings. The molecule has 2 atom stereocenters. The van der Waals surface area contributed by atoms with E-state index in [1.807, 2.05) is 6.07 Å². The molecule has 33 heavy (non-hydrogen) atoms. The van der Waals surface area contributed by atoms with Crippen molar-refractivity contribution >= 4 is 45.9 Å². The molecular weight excluding hydrogens is 466 g/mol. The van der Waals surface area contributed by atoms with Crippen LogP contribution in [0, 0.1) is 0 Å². The molecule has 3 heterocycles. The lowest BCUT2D eigenvalue weighted by atomic mass is 10.1. The summed E-state index contributed by atoms with van der Waals surface area (Å²) in [6, 6.07) is 4.03. The first-order chi connectivity index (χ1) is 15.9. The van der Waals surface area contributed by atoms with E-state index in [1.54, 1.807) is 20.8 Å². The molecule has 0 spiro atoms. The summed E-state index contributed by atoms with van der Waals surface area (Å²) in [5.74, 6) is 0.269. The highest BCUT2D eigenvalue weighted by Crippen LogP contribution is 2.48. The van der Waals surface area contributed by atoms with Gasteiger partial charge in [-0.05, 0) is 53.6 Å². The Balaban J connectivity index is 1.22. The van der Waals surface area contributed by atoms with Gasteiger partial charge in [0.05, 0.1) is 17.9 Å². The smallest absolute Gasteiger partial charge is 0.246 e. The molecule has 2 amide bonds. The monoisotopic (exact) mass is 492 g/mol. The van der Waals surface area contributed by atoms with Crippen LogP contribution in [0.4, 0.5) is 11.4 Å². The van der Waals surface area contributed by atoms with Crippen LogP contribution in [0.5, 0.6) is 0 Å². The van der Waals surface area contributed by atoms with Crippen molar-refractivity contribution in [3.8, 4) is 0 Å². The summed E-state index contributed by atoms with van der Waals surface area (Å²) in [6.45, 7) is 7.52. The highest BCUT2D eigenvalue weighted by Gasteiger charge is 2.38. The predicted octanol–water partition coefficient (Wildman–Crippen LogP) is 1.15. The van der Waals surface area contributed by atoms with Crippen molar-refractivity contribution in [2.75, 3.05) is 56.0 Å². The first-order valence-electron chi connectivity index (χ1n) is 11.2. The quantitative estimate of drug-likeness (QED) is 0.469. The van der Waals surface area contributed by atoms with Crippen LogP contribution in [0.2, 0.25) is 5.02 Å². The Morgan fingerprint density at radius 1 is 1.18 bits per heavy atom. The second-order valence-corrected chi connectivity index (χ2v) is 10.4. The van der Waals surface area contributed by atoms with Gasteiger partial charge in [0.25, 0.3) is 0 Å². The zero-order valence-electron chi connectivity index (χ0n) is 18.2. The first-order valence-corrected chi connectivity index (χ1v) is 12.7. The molecule has 1 saturated carbocycles. The van der Waals surface area contributed by atoms with E-state index >= 15 is 0 Å². The van der Waals surface area contributed by atoms with Crippen LogP contribution in [0.15, 0.2) is 24.8 Å². The molecule has 1 aromatic carbocycles. The fourth-order valence-corrected chi connectivity index (χ4v) is 5.81. The fourth-order valence-electron chi connectivity index (χ4n) is 4.87. The van der Waals surface area contributed by atoms with E-state index in [0.717, 1.165) is 31.5 Å². The van der Waals surface area contributed by atoms with E-state index < -0.39 is 16.6 Å². The number of nitrogens with one attached hydrogen (secondary N) is 1. The standard InChI is InChI=1S/C22H28ClN5O4S/c1-2-20(29)27-11-15(12-27)25-5-7-26(8-6-25)21(30)13-28-19-9-16(14-3-4-14)17(23)10-18(19)24-22(28)33(31)32/h2,9-10,14-15,22,24H,1,3-8,11-13H2,(H,31,32)/p-1. The Hall–Kier alpha value is -2.14. The Morgan fingerprint density at radius 2 is 1.88 bits per heavy atom. The fraction of sp³-hybridized carbons (Fsp3) is 0.545. The Labute approximate surface area is 200 Å². The van der Waals surface area contributed by atoms with E-state index in [2.05, 4.69) is 16.8 Å². The van der Waals surface area contributed by atoms with Gasteiger partial charge in [-0.1, -0.05) is 18.2 Å². The van der Waals surface area contributed by atoms with E-state index in [4.69, 9.17) is 11.6 Å². The van der Waals surface area contributed by atoms with Crippen molar-refractivity contribution in [1.29, 1.82) is 0 Å². The number of hydrogen-bond acceptors (Lipinski definition) is 7. The minimum absolute atomic E-state index is 0.0184. The number of anilines is 2. The lowest BCUT2D eigenvalue weighted by Gasteiger charge is -2.48. The van der Waals surface area contributed by atoms with Gasteiger partial charge in [-0.2, -0.15) is 0 Å². The Morgan fingerprint density at radius 3 is 2.48 bits per heavy atom. The number of piperazine rings is 1. The molecule has 11 heteroatoms. The van der Waals surface area contributed by atoms with Crippen LogP contribution in [0.3, 0.4) is 0 Å². The number of amides is 2. The van der Waals surface area contributed by atoms with Crippen LogP contribution >= 0.6 is 11.6 Å². The van der Waals surface area contributed by atoms with Crippen molar-refractivity contribution in [3.63, 3.8) is 0 Å². The number of nitrogens with zero attached hydrogens (tertiary/aromatic N) is 4. The van der Waals surface area contributed by atoms with Gasteiger partial charge in [0, 0.05) is 50.3 Å². The van der Waals surface area contributed by atoms with Crippen molar-refractivity contribution in [3.05, 3.63) is 35.4 Å². The third-order valence-corrected chi connectivity index (χ3v) is 8.09. The third kappa shape index (κ3) is 4.37. The molecule has 3 fully saturated rings. The maximum atomic E-state index is 13.1. The van der Waals surface area contributed by atoms with Gasteiger partial charge in [-0.3, -0.25) is 18.7 Å². The van der Waals surface area contributed by atoms with Crippen molar-refractivity contribution in [2.45, 2.75) is 30.3 Å². The summed E-state index contributed by atoms with van der Waals surface area (Å²) in [4.78, 5) is 32.3. The van der Waals surface area contributed by atoms with Crippen molar-refractivity contribution < 1.29 is 18.4 Å². The highest BCUT2D eigenvalue weighted by atomic mass is 35.5. The van der Waals surface area contributed by atoms with Crippen LogP contribution in [0.1, 0.15) is 24.3 Å². The summed E-state index contributed by atoms with van der Waals surface area (Å²) in [5, 5.41) is 3.62. The van der Waals surface area contributed by atoms with Gasteiger partial charge >= 0.3 is 0 Å². The Kier molecular flexibility index (Phi) is 6.11. The number of fused-ring (bicyclic) bond motifs is 1. The van der Waals surface area contributed by atoms with Crippen molar-refractivity contribution in [1.82, 2.24) is 14.7 Å². The minimum Gasteiger partial charge on any atom is -0.769 e. The molecule has 0 radical (unpaired) electrons. The topological polar surface area (TPSA) is 99.3 Å². The molecule has 1 aliphatic carbocycles. The van der Waals surface area contributed by atoms with Gasteiger partial charge in [0.2, 0.25) is 11.8 Å². The van der Waals surface area contributed by atoms with Crippen LogP contribution < -0.4 is 10.2 Å². The molecule has 0 aromatic heterocycles. The summed E-state index contributed by atoms with van der Waals surface area (Å²) in [6.07, 6.45) is 3.49. The van der Waals surface area contributed by atoms with Crippen LogP contribution in [-0.4, -0.2) is 92.6 Å². The summed E-state index contributed by atoms with van der Waals surface area (Å²) < 4.78 is 23.8. The van der Waals surface area contributed by atoms with Crippen LogP contribution in [-0.2, 0) is 20.7 Å². The molecule has 1 N–H and O–H groups in total. The average Bonchev–Trinajstić information content (AvgIpc) is 3.55. The molecular formula is C22H27ClN5O4S-. The van der Waals surface area contributed by atoms with Gasteiger partial charge in [-0.15, -0.1) is 0 Å². The molecule has 2 unspecified atom stereocenters. The maximum absolute atomic E-state index is 13.1. The van der Waals surface area contributed by atoms with E-state index in [1.165, 1.54) is 6.08 Å². The second-order valence-electron chi connectivity index (χ2n) is 9.07. The van der Waals surface area contributed by atoms with E-state index in [9.17, 15) is 18.4 Å². The normalized spacial score (nSPS) is 24.2. The molecule has 5 rings (SSSR count). The van der Waals surface area contributed by atoms with Crippen LogP contribution in [0.25, 0.3) is 0 Å². The zero-order chi connectivity index (χ0) is 23.3. The number of rotatable bonds is 6. The number of likely N-dealkylation sites (tertiary alicyclic amines) is 1. The molecule has 3 aliphatic heterocycles. The summed E-state index contributed by atoms with van der Waals surface area (Å²) >= 11 is 3.98. The van der Waals surface area contributed by atoms with Crippen molar-refractivity contribution in [2.24, 2.45) is 0 Å². The SMILES string of the molecule is C=CC(=O)N1CC(N2CCN(C(=O)CN3c4cc(C5CC5)c(Cl)cc4NC3S(=O)[O-])CC2)C1. The Bertz CT molecular complexity index is 1000. The number of benzene rings is 1. The number of hydrogen-bond donors (Lipinski definition) is 1. The number of carbonyl (C=O) groups excluding carboxylic acids is 2. The zero-order valence-corrected chi connectivity index (χ0v) is 19.8.